The van der Waals surface area contributed by atoms with Crippen molar-refractivity contribution in [3.63, 3.8) is 0 Å². The Kier molecular flexibility index (Phi) is 10.8. The first-order chi connectivity index (χ1) is 17.0. The quantitative estimate of drug-likeness (QED) is 0.301. The highest BCUT2D eigenvalue weighted by atomic mass is 32.2. The van der Waals surface area contributed by atoms with E-state index in [0.717, 1.165) is 30.4 Å². The maximum atomic E-state index is 13.2. The number of rotatable bonds is 14. The lowest BCUT2D eigenvalue weighted by Gasteiger charge is -2.28. The Morgan fingerprint density at radius 3 is 2.40 bits per heavy atom. The van der Waals surface area contributed by atoms with Crippen LogP contribution in [0.1, 0.15) is 74.8 Å². The third kappa shape index (κ3) is 7.66. The fourth-order valence-electron chi connectivity index (χ4n) is 4.31. The van der Waals surface area contributed by atoms with Crippen LogP contribution in [0.25, 0.3) is 0 Å². The van der Waals surface area contributed by atoms with Gasteiger partial charge in [-0.2, -0.15) is 0 Å². The smallest absolute Gasteiger partial charge is 0.327 e. The monoisotopic (exact) mass is 499 g/mol. The normalized spacial score (nSPS) is 17.4. The fraction of sp³-hybridized carbons (Fsp3) is 0.500. The molecule has 1 saturated heterocycles. The molecule has 2 aromatic rings. The van der Waals surface area contributed by atoms with Gasteiger partial charge >= 0.3 is 5.97 Å². The minimum atomic E-state index is -0.956. The summed E-state index contributed by atoms with van der Waals surface area (Å²) in [4.78, 5) is 26.6. The van der Waals surface area contributed by atoms with Crippen LogP contribution in [0.5, 0.6) is 11.5 Å². The first-order valence-electron chi connectivity index (χ1n) is 12.5. The summed E-state index contributed by atoms with van der Waals surface area (Å²) in [7, 11) is 1.58. The number of ether oxygens (including phenoxy) is 2. The van der Waals surface area contributed by atoms with E-state index >= 15 is 0 Å². The number of thioether (sulfide) groups is 1. The molecule has 190 valence electrons. The number of methoxy groups -OCH3 is 1. The van der Waals surface area contributed by atoms with Crippen LogP contribution in [0.15, 0.2) is 48.5 Å². The Bertz CT molecular complexity index is 952. The number of hydrogen-bond acceptors (Lipinski definition) is 5. The number of carbonyl (C=O) groups is 2. The molecule has 2 atom stereocenters. The summed E-state index contributed by atoms with van der Waals surface area (Å²) in [5.41, 5.74) is 1.90. The minimum Gasteiger partial charge on any atom is -0.493 e. The molecule has 0 radical (unpaired) electrons. The third-order valence-electron chi connectivity index (χ3n) is 6.28. The van der Waals surface area contributed by atoms with Crippen molar-refractivity contribution in [1.82, 2.24) is 4.90 Å². The Labute approximate surface area is 213 Å². The van der Waals surface area contributed by atoms with Crippen molar-refractivity contribution >= 4 is 23.6 Å². The first-order valence-corrected chi connectivity index (χ1v) is 13.6. The van der Waals surface area contributed by atoms with Crippen LogP contribution >= 0.6 is 11.8 Å². The lowest BCUT2D eigenvalue weighted by molar-refractivity contribution is -0.149. The molecule has 1 N–H and O–H groups in total. The molecule has 0 aromatic heterocycles. The van der Waals surface area contributed by atoms with Crippen molar-refractivity contribution in [3.8, 4) is 11.5 Å². The summed E-state index contributed by atoms with van der Waals surface area (Å²) in [5.74, 6) is 0.500. The predicted octanol–water partition coefficient (Wildman–Crippen LogP) is 6.44. The van der Waals surface area contributed by atoms with Crippen molar-refractivity contribution in [1.29, 1.82) is 0 Å². The molecule has 3 rings (SSSR count). The number of unbranched alkanes of at least 4 members (excludes halogenated alkanes) is 6. The molecule has 2 unspecified atom stereocenters. The van der Waals surface area contributed by atoms with Gasteiger partial charge < -0.3 is 19.5 Å². The molecular weight excluding hydrogens is 462 g/mol. The molecule has 1 fully saturated rings. The van der Waals surface area contributed by atoms with Crippen LogP contribution < -0.4 is 9.47 Å². The number of carboxylic acid groups (broad SMARTS) is 1. The molecule has 0 bridgehead atoms. The standard InChI is InChI=1S/C28H37NO5S/c1-3-4-5-6-7-8-12-15-26(30)29-23(28(31)32)20-35-27(29)22-16-17-24(25(18-22)33-2)34-19-21-13-10-9-11-14-21/h9-11,13-14,16-18,23,27H,3-8,12,15,19-20H2,1-2H3,(H,31,32). The van der Waals surface area contributed by atoms with Gasteiger partial charge in [-0.05, 0) is 29.7 Å². The second-order valence-corrected chi connectivity index (χ2v) is 10.0. The Morgan fingerprint density at radius 1 is 1.00 bits per heavy atom. The van der Waals surface area contributed by atoms with E-state index in [9.17, 15) is 14.7 Å². The van der Waals surface area contributed by atoms with Crippen LogP contribution in [0, 0.1) is 0 Å². The second-order valence-electron chi connectivity index (χ2n) is 8.90. The summed E-state index contributed by atoms with van der Waals surface area (Å²) >= 11 is 1.48. The summed E-state index contributed by atoms with van der Waals surface area (Å²) in [6, 6.07) is 14.7. The molecule has 0 spiro atoms. The zero-order chi connectivity index (χ0) is 25.0. The van der Waals surface area contributed by atoms with Gasteiger partial charge in [0.2, 0.25) is 5.91 Å². The number of hydrogen-bond donors (Lipinski definition) is 1. The van der Waals surface area contributed by atoms with Gasteiger partial charge in [-0.25, -0.2) is 4.79 Å². The van der Waals surface area contributed by atoms with E-state index in [2.05, 4.69) is 6.92 Å². The van der Waals surface area contributed by atoms with Gasteiger partial charge in [-0.1, -0.05) is 81.8 Å². The van der Waals surface area contributed by atoms with Crippen LogP contribution in [0.2, 0.25) is 0 Å². The Hall–Kier alpha value is -2.67. The molecule has 2 aromatic carbocycles. The van der Waals surface area contributed by atoms with Crippen LogP contribution in [0.3, 0.4) is 0 Å². The number of amides is 1. The number of carboxylic acids is 1. The molecule has 35 heavy (non-hydrogen) atoms. The van der Waals surface area contributed by atoms with E-state index in [1.807, 2.05) is 48.5 Å². The van der Waals surface area contributed by atoms with Crippen molar-refractivity contribution < 1.29 is 24.2 Å². The zero-order valence-corrected chi connectivity index (χ0v) is 21.6. The summed E-state index contributed by atoms with van der Waals surface area (Å²) < 4.78 is 11.5. The lowest BCUT2D eigenvalue weighted by atomic mass is 10.1. The van der Waals surface area contributed by atoms with Gasteiger partial charge in [0.1, 0.15) is 18.0 Å². The summed E-state index contributed by atoms with van der Waals surface area (Å²) in [5, 5.41) is 9.40. The maximum Gasteiger partial charge on any atom is 0.327 e. The van der Waals surface area contributed by atoms with E-state index in [-0.39, 0.29) is 11.3 Å². The molecule has 1 aliphatic heterocycles. The molecule has 1 amide bonds. The van der Waals surface area contributed by atoms with Crippen molar-refractivity contribution in [2.24, 2.45) is 0 Å². The molecule has 6 nitrogen and oxygen atoms in total. The molecule has 1 heterocycles. The van der Waals surface area contributed by atoms with E-state index in [0.29, 0.717) is 30.3 Å². The largest absolute Gasteiger partial charge is 0.493 e. The highest BCUT2D eigenvalue weighted by Crippen LogP contribution is 2.44. The van der Waals surface area contributed by atoms with E-state index in [1.54, 1.807) is 12.0 Å². The number of carbonyl (C=O) groups excluding carboxylic acids is 1. The maximum absolute atomic E-state index is 13.2. The SMILES string of the molecule is CCCCCCCCCC(=O)N1C(C(=O)O)CSC1c1ccc(OCc2ccccc2)c(OC)c1. The van der Waals surface area contributed by atoms with Gasteiger partial charge in [0.15, 0.2) is 11.5 Å². The van der Waals surface area contributed by atoms with E-state index < -0.39 is 12.0 Å². The van der Waals surface area contributed by atoms with Crippen molar-refractivity contribution in [2.75, 3.05) is 12.9 Å². The van der Waals surface area contributed by atoms with Crippen molar-refractivity contribution in [2.45, 2.75) is 76.3 Å². The Balaban J connectivity index is 1.66. The summed E-state index contributed by atoms with van der Waals surface area (Å²) in [6.45, 7) is 2.61. The fourth-order valence-corrected chi connectivity index (χ4v) is 5.74. The van der Waals surface area contributed by atoms with Crippen LogP contribution in [-0.4, -0.2) is 40.8 Å². The third-order valence-corrected chi connectivity index (χ3v) is 7.60. The van der Waals surface area contributed by atoms with Crippen LogP contribution in [-0.2, 0) is 16.2 Å². The predicted molar refractivity (Wildman–Crippen MR) is 140 cm³/mol. The van der Waals surface area contributed by atoms with Gasteiger partial charge in [0.05, 0.1) is 7.11 Å². The molecule has 0 aliphatic carbocycles. The average Bonchev–Trinajstić information content (AvgIpc) is 3.33. The highest BCUT2D eigenvalue weighted by molar-refractivity contribution is 7.99. The first kappa shape index (κ1) is 26.9. The molecule has 7 heteroatoms. The lowest BCUT2D eigenvalue weighted by Crippen LogP contribution is -2.42. The highest BCUT2D eigenvalue weighted by Gasteiger charge is 2.42. The molecular formula is C28H37NO5S. The molecule has 0 saturated carbocycles. The van der Waals surface area contributed by atoms with E-state index in [1.165, 1.54) is 37.4 Å². The topological polar surface area (TPSA) is 76.1 Å². The Morgan fingerprint density at radius 2 is 1.71 bits per heavy atom. The van der Waals surface area contributed by atoms with Crippen LogP contribution in [0.4, 0.5) is 0 Å². The average molecular weight is 500 g/mol. The second kappa shape index (κ2) is 14.0. The number of benzene rings is 2. The number of nitrogens with zero attached hydrogens (tertiary/aromatic N) is 1. The number of aliphatic carboxylic acids is 1. The molecule has 1 aliphatic rings. The van der Waals surface area contributed by atoms with Gasteiger partial charge in [0, 0.05) is 12.2 Å². The summed E-state index contributed by atoms with van der Waals surface area (Å²) in [6.07, 6.45) is 8.20. The van der Waals surface area contributed by atoms with Gasteiger partial charge in [-0.3, -0.25) is 4.79 Å². The van der Waals surface area contributed by atoms with Gasteiger partial charge in [0.25, 0.3) is 0 Å². The van der Waals surface area contributed by atoms with Gasteiger partial charge in [-0.15, -0.1) is 11.8 Å². The minimum absolute atomic E-state index is 0.0932. The van der Waals surface area contributed by atoms with E-state index in [4.69, 9.17) is 9.47 Å². The zero-order valence-electron chi connectivity index (χ0n) is 20.8. The van der Waals surface area contributed by atoms with Crippen molar-refractivity contribution in [3.05, 3.63) is 59.7 Å².